The van der Waals surface area contributed by atoms with Crippen LogP contribution in [0.1, 0.15) is 12.8 Å². The predicted octanol–water partition coefficient (Wildman–Crippen LogP) is 1.25. The summed E-state index contributed by atoms with van der Waals surface area (Å²) in [6.07, 6.45) is 2.20. The van der Waals surface area contributed by atoms with Crippen LogP contribution in [-0.4, -0.2) is 29.7 Å². The maximum Gasteiger partial charge on any atom is 0.226 e. The SMILES string of the molecule is CN1CCCC(CBr)C1=O. The Kier molecular flexibility index (Phi) is 2.72. The number of halogens is 1. The predicted molar refractivity (Wildman–Crippen MR) is 44.2 cm³/mol. The highest BCUT2D eigenvalue weighted by Crippen LogP contribution is 2.17. The summed E-state index contributed by atoms with van der Waals surface area (Å²) >= 11 is 3.33. The Morgan fingerprint density at radius 3 is 3.00 bits per heavy atom. The molecule has 3 heteroatoms. The van der Waals surface area contributed by atoms with Gasteiger partial charge in [0, 0.05) is 24.8 Å². The fourth-order valence-corrected chi connectivity index (χ4v) is 1.86. The highest BCUT2D eigenvalue weighted by atomic mass is 79.9. The van der Waals surface area contributed by atoms with E-state index < -0.39 is 0 Å². The van der Waals surface area contributed by atoms with E-state index in [0.717, 1.165) is 24.7 Å². The Morgan fingerprint density at radius 2 is 2.50 bits per heavy atom. The highest BCUT2D eigenvalue weighted by Gasteiger charge is 2.24. The van der Waals surface area contributed by atoms with Crippen molar-refractivity contribution in [3.8, 4) is 0 Å². The molecule has 1 rings (SSSR count). The smallest absolute Gasteiger partial charge is 0.226 e. The number of likely N-dealkylation sites (tertiary alicyclic amines) is 1. The van der Waals surface area contributed by atoms with Crippen molar-refractivity contribution in [1.82, 2.24) is 4.90 Å². The Balaban J connectivity index is 2.51. The Hall–Kier alpha value is -0.0500. The van der Waals surface area contributed by atoms with Gasteiger partial charge in [-0.2, -0.15) is 0 Å². The van der Waals surface area contributed by atoms with E-state index in [1.165, 1.54) is 0 Å². The van der Waals surface area contributed by atoms with Crippen molar-refractivity contribution < 1.29 is 4.79 Å². The van der Waals surface area contributed by atoms with Crippen LogP contribution < -0.4 is 0 Å². The van der Waals surface area contributed by atoms with Gasteiger partial charge in [0.15, 0.2) is 0 Å². The van der Waals surface area contributed by atoms with Crippen LogP contribution in [0.2, 0.25) is 0 Å². The van der Waals surface area contributed by atoms with E-state index in [9.17, 15) is 4.79 Å². The first-order chi connectivity index (χ1) is 4.75. The Labute approximate surface area is 69.7 Å². The average molecular weight is 206 g/mol. The molecular weight excluding hydrogens is 194 g/mol. The molecule has 0 aromatic rings. The maximum absolute atomic E-state index is 11.3. The molecule has 0 spiro atoms. The second kappa shape index (κ2) is 3.37. The van der Waals surface area contributed by atoms with Gasteiger partial charge < -0.3 is 4.90 Å². The summed E-state index contributed by atoms with van der Waals surface area (Å²) in [5.41, 5.74) is 0. The molecule has 1 aliphatic rings. The van der Waals surface area contributed by atoms with Gasteiger partial charge in [0.1, 0.15) is 0 Å². The van der Waals surface area contributed by atoms with E-state index >= 15 is 0 Å². The highest BCUT2D eigenvalue weighted by molar-refractivity contribution is 9.09. The summed E-state index contributed by atoms with van der Waals surface area (Å²) in [6.45, 7) is 0.933. The lowest BCUT2D eigenvalue weighted by Crippen LogP contribution is -2.38. The standard InChI is InChI=1S/C7H12BrNO/c1-9-4-2-3-6(5-8)7(9)10/h6H,2-5H2,1H3. The summed E-state index contributed by atoms with van der Waals surface area (Å²) in [5.74, 6) is 0.530. The van der Waals surface area contributed by atoms with Crippen LogP contribution in [0.25, 0.3) is 0 Å². The molecule has 0 radical (unpaired) electrons. The zero-order valence-corrected chi connectivity index (χ0v) is 7.73. The molecule has 1 heterocycles. The molecule has 1 fully saturated rings. The van der Waals surface area contributed by atoms with Crippen LogP contribution in [0.5, 0.6) is 0 Å². The zero-order valence-electron chi connectivity index (χ0n) is 6.14. The summed E-state index contributed by atoms with van der Waals surface area (Å²) in [7, 11) is 1.87. The first-order valence-electron chi connectivity index (χ1n) is 3.56. The summed E-state index contributed by atoms with van der Waals surface area (Å²) in [4.78, 5) is 13.1. The topological polar surface area (TPSA) is 20.3 Å². The van der Waals surface area contributed by atoms with Crippen LogP contribution in [0.4, 0.5) is 0 Å². The van der Waals surface area contributed by atoms with Crippen molar-refractivity contribution in [2.45, 2.75) is 12.8 Å². The third kappa shape index (κ3) is 1.51. The molecule has 0 aromatic heterocycles. The number of piperidine rings is 1. The van der Waals surface area contributed by atoms with Crippen molar-refractivity contribution in [3.63, 3.8) is 0 Å². The van der Waals surface area contributed by atoms with Crippen molar-refractivity contribution >= 4 is 21.8 Å². The van der Waals surface area contributed by atoms with Gasteiger partial charge in [-0.3, -0.25) is 4.79 Å². The lowest BCUT2D eigenvalue weighted by Gasteiger charge is -2.27. The second-order valence-electron chi connectivity index (χ2n) is 2.75. The molecule has 58 valence electrons. The van der Waals surface area contributed by atoms with Crippen molar-refractivity contribution in [2.75, 3.05) is 18.9 Å². The normalized spacial score (nSPS) is 27.2. The average Bonchev–Trinajstić information content (AvgIpc) is 1.95. The Bertz CT molecular complexity index is 138. The van der Waals surface area contributed by atoms with Gasteiger partial charge in [0.2, 0.25) is 5.91 Å². The molecule has 0 aromatic carbocycles. The first-order valence-corrected chi connectivity index (χ1v) is 4.69. The number of alkyl halides is 1. The Morgan fingerprint density at radius 1 is 1.80 bits per heavy atom. The van der Waals surface area contributed by atoms with Gasteiger partial charge in [-0.25, -0.2) is 0 Å². The molecule has 1 unspecified atom stereocenters. The fraction of sp³-hybridized carbons (Fsp3) is 0.857. The van der Waals surface area contributed by atoms with Crippen molar-refractivity contribution in [1.29, 1.82) is 0 Å². The van der Waals surface area contributed by atoms with Crippen LogP contribution in [0, 0.1) is 5.92 Å². The van der Waals surface area contributed by atoms with Gasteiger partial charge in [-0.15, -0.1) is 0 Å². The third-order valence-electron chi connectivity index (χ3n) is 1.96. The van der Waals surface area contributed by atoms with Gasteiger partial charge in [0.25, 0.3) is 0 Å². The molecule has 0 N–H and O–H groups in total. The molecule has 1 aliphatic heterocycles. The first kappa shape index (κ1) is 8.05. The third-order valence-corrected chi connectivity index (χ3v) is 2.74. The number of nitrogens with zero attached hydrogens (tertiary/aromatic N) is 1. The minimum atomic E-state index is 0.235. The number of hydrogen-bond donors (Lipinski definition) is 0. The number of hydrogen-bond acceptors (Lipinski definition) is 1. The van der Waals surface area contributed by atoms with Crippen LogP contribution in [-0.2, 0) is 4.79 Å². The lowest BCUT2D eigenvalue weighted by molar-refractivity contribution is -0.135. The molecule has 0 aliphatic carbocycles. The van der Waals surface area contributed by atoms with Crippen LogP contribution in [0.15, 0.2) is 0 Å². The summed E-state index contributed by atoms with van der Waals surface area (Å²) in [5, 5.41) is 0.816. The summed E-state index contributed by atoms with van der Waals surface area (Å²) < 4.78 is 0. The summed E-state index contributed by atoms with van der Waals surface area (Å²) in [6, 6.07) is 0. The molecular formula is C7H12BrNO. The minimum Gasteiger partial charge on any atom is -0.345 e. The zero-order chi connectivity index (χ0) is 7.56. The van der Waals surface area contributed by atoms with Gasteiger partial charge in [-0.05, 0) is 12.8 Å². The van der Waals surface area contributed by atoms with Crippen molar-refractivity contribution in [3.05, 3.63) is 0 Å². The molecule has 0 bridgehead atoms. The van der Waals surface area contributed by atoms with E-state index in [4.69, 9.17) is 0 Å². The molecule has 1 amide bonds. The number of carbonyl (C=O) groups excluding carboxylic acids is 1. The number of amides is 1. The van der Waals surface area contributed by atoms with Crippen LogP contribution >= 0.6 is 15.9 Å². The van der Waals surface area contributed by atoms with E-state index in [-0.39, 0.29) is 5.92 Å². The largest absolute Gasteiger partial charge is 0.345 e. The number of carbonyl (C=O) groups is 1. The molecule has 0 saturated carbocycles. The second-order valence-corrected chi connectivity index (χ2v) is 3.40. The fourth-order valence-electron chi connectivity index (χ4n) is 1.26. The van der Waals surface area contributed by atoms with E-state index in [1.807, 2.05) is 11.9 Å². The quantitative estimate of drug-likeness (QED) is 0.591. The minimum absolute atomic E-state index is 0.235. The van der Waals surface area contributed by atoms with Gasteiger partial charge in [-0.1, -0.05) is 15.9 Å². The van der Waals surface area contributed by atoms with E-state index in [1.54, 1.807) is 0 Å². The molecule has 2 nitrogen and oxygen atoms in total. The molecule has 1 atom stereocenters. The van der Waals surface area contributed by atoms with Crippen molar-refractivity contribution in [2.24, 2.45) is 5.92 Å². The van der Waals surface area contributed by atoms with E-state index in [2.05, 4.69) is 15.9 Å². The molecule has 10 heavy (non-hydrogen) atoms. The van der Waals surface area contributed by atoms with Crippen LogP contribution in [0.3, 0.4) is 0 Å². The van der Waals surface area contributed by atoms with Gasteiger partial charge in [0.05, 0.1) is 0 Å². The molecule has 1 saturated heterocycles. The van der Waals surface area contributed by atoms with E-state index in [0.29, 0.717) is 5.91 Å². The van der Waals surface area contributed by atoms with Gasteiger partial charge >= 0.3 is 0 Å². The number of rotatable bonds is 1. The lowest BCUT2D eigenvalue weighted by atomic mass is 10.00. The monoisotopic (exact) mass is 205 g/mol. The maximum atomic E-state index is 11.3.